The summed E-state index contributed by atoms with van der Waals surface area (Å²) >= 11 is 5.97. The number of halogens is 1. The molecule has 0 saturated heterocycles. The first-order chi connectivity index (χ1) is 8.79. The molecule has 1 aromatic carbocycles. The summed E-state index contributed by atoms with van der Waals surface area (Å²) in [6, 6.07) is 4.82. The van der Waals surface area contributed by atoms with Crippen LogP contribution < -0.4 is 4.72 Å². The molecule has 2 aromatic rings. The fourth-order valence-corrected chi connectivity index (χ4v) is 3.23. The summed E-state index contributed by atoms with van der Waals surface area (Å²) in [5.41, 5.74) is 2.09. The summed E-state index contributed by atoms with van der Waals surface area (Å²) in [6.07, 6.45) is 0. The number of hydrogen-bond acceptors (Lipinski definition) is 3. The Morgan fingerprint density at radius 2 is 1.84 bits per heavy atom. The van der Waals surface area contributed by atoms with Crippen LogP contribution in [0.2, 0.25) is 5.02 Å². The van der Waals surface area contributed by atoms with Gasteiger partial charge in [0.2, 0.25) is 0 Å². The van der Waals surface area contributed by atoms with Crippen LogP contribution in [0.1, 0.15) is 16.8 Å². The first kappa shape index (κ1) is 13.9. The van der Waals surface area contributed by atoms with Crippen molar-refractivity contribution in [2.45, 2.75) is 25.7 Å². The topological polar surface area (TPSA) is 74.8 Å². The summed E-state index contributed by atoms with van der Waals surface area (Å²) in [5.74, 6) is 0.268. The normalized spacial score (nSPS) is 11.6. The van der Waals surface area contributed by atoms with Crippen molar-refractivity contribution in [3.05, 3.63) is 40.0 Å². The Kier molecular flexibility index (Phi) is 3.56. The van der Waals surface area contributed by atoms with E-state index in [1.807, 2.05) is 0 Å². The van der Waals surface area contributed by atoms with E-state index in [-0.39, 0.29) is 10.7 Å². The van der Waals surface area contributed by atoms with Gasteiger partial charge in [0.05, 0.1) is 4.90 Å². The third kappa shape index (κ3) is 2.90. The van der Waals surface area contributed by atoms with Crippen LogP contribution >= 0.6 is 11.6 Å². The highest BCUT2D eigenvalue weighted by molar-refractivity contribution is 7.92. The van der Waals surface area contributed by atoms with Gasteiger partial charge in [-0.25, -0.2) is 8.42 Å². The molecular formula is C12H14ClN3O2S. The van der Waals surface area contributed by atoms with E-state index in [4.69, 9.17) is 11.6 Å². The van der Waals surface area contributed by atoms with Crippen LogP contribution in [0.15, 0.2) is 23.1 Å². The van der Waals surface area contributed by atoms with Gasteiger partial charge in [0.15, 0.2) is 5.82 Å². The van der Waals surface area contributed by atoms with E-state index in [2.05, 4.69) is 14.9 Å². The lowest BCUT2D eigenvalue weighted by atomic mass is 10.2. The molecule has 5 nitrogen and oxygen atoms in total. The van der Waals surface area contributed by atoms with Crippen molar-refractivity contribution in [1.29, 1.82) is 0 Å². The second kappa shape index (κ2) is 4.86. The molecule has 0 aliphatic rings. The molecule has 0 bridgehead atoms. The maximum absolute atomic E-state index is 12.3. The SMILES string of the molecule is Cc1cc(NS(=O)(=O)c2cc(C)c(Cl)cc2C)n[nH]1. The van der Waals surface area contributed by atoms with Crippen LogP contribution in [0.4, 0.5) is 5.82 Å². The Balaban J connectivity index is 2.42. The molecule has 102 valence electrons. The largest absolute Gasteiger partial charge is 0.281 e. The molecule has 0 spiro atoms. The van der Waals surface area contributed by atoms with Crippen LogP contribution in [0.3, 0.4) is 0 Å². The standard InChI is InChI=1S/C12H14ClN3O2S/c1-7-5-11(8(2)4-10(7)13)19(17,18)16-12-6-9(3)14-15-12/h4-6H,1-3H3,(H2,14,15,16). The maximum atomic E-state index is 12.3. The Labute approximate surface area is 117 Å². The van der Waals surface area contributed by atoms with Gasteiger partial charge in [-0.05, 0) is 44.0 Å². The molecule has 0 saturated carbocycles. The fraction of sp³-hybridized carbons (Fsp3) is 0.250. The van der Waals surface area contributed by atoms with Crippen molar-refractivity contribution < 1.29 is 8.42 Å². The zero-order valence-corrected chi connectivity index (χ0v) is 12.4. The van der Waals surface area contributed by atoms with Crippen molar-refractivity contribution >= 4 is 27.4 Å². The number of aromatic amines is 1. The molecule has 0 aliphatic heterocycles. The first-order valence-electron chi connectivity index (χ1n) is 5.61. The quantitative estimate of drug-likeness (QED) is 0.915. The molecule has 2 rings (SSSR count). The molecule has 0 atom stereocenters. The Hall–Kier alpha value is -1.53. The number of benzene rings is 1. The predicted octanol–water partition coefficient (Wildman–Crippen LogP) is 2.79. The summed E-state index contributed by atoms with van der Waals surface area (Å²) in [4.78, 5) is 0.204. The molecule has 0 amide bonds. The predicted molar refractivity (Wildman–Crippen MR) is 75.1 cm³/mol. The zero-order valence-electron chi connectivity index (χ0n) is 10.8. The van der Waals surface area contributed by atoms with Gasteiger partial charge in [-0.2, -0.15) is 5.10 Å². The Bertz CT molecular complexity index is 723. The minimum Gasteiger partial charge on any atom is -0.281 e. The number of sulfonamides is 1. The van der Waals surface area contributed by atoms with Crippen molar-refractivity contribution in [2.24, 2.45) is 0 Å². The molecule has 2 N–H and O–H groups in total. The van der Waals surface area contributed by atoms with Gasteiger partial charge in [-0.1, -0.05) is 11.6 Å². The van der Waals surface area contributed by atoms with Gasteiger partial charge in [0.1, 0.15) is 0 Å². The number of nitrogens with zero attached hydrogens (tertiary/aromatic N) is 1. The van der Waals surface area contributed by atoms with E-state index in [0.29, 0.717) is 16.1 Å². The minimum absolute atomic E-state index is 0.204. The van der Waals surface area contributed by atoms with E-state index in [1.54, 1.807) is 39.0 Å². The Morgan fingerprint density at radius 3 is 2.42 bits per heavy atom. The number of H-pyrrole nitrogens is 1. The number of nitrogens with one attached hydrogen (secondary N) is 2. The highest BCUT2D eigenvalue weighted by Gasteiger charge is 2.19. The van der Waals surface area contributed by atoms with Crippen molar-refractivity contribution in [1.82, 2.24) is 10.2 Å². The van der Waals surface area contributed by atoms with E-state index >= 15 is 0 Å². The van der Waals surface area contributed by atoms with Crippen LogP contribution in [0, 0.1) is 20.8 Å². The number of anilines is 1. The Morgan fingerprint density at radius 1 is 1.16 bits per heavy atom. The van der Waals surface area contributed by atoms with E-state index in [1.165, 1.54) is 0 Å². The number of hydrogen-bond donors (Lipinski definition) is 2. The average Bonchev–Trinajstić information content (AvgIpc) is 2.68. The third-order valence-electron chi connectivity index (χ3n) is 2.69. The molecule has 1 aromatic heterocycles. The summed E-state index contributed by atoms with van der Waals surface area (Å²) in [7, 11) is -3.66. The molecule has 0 unspecified atom stereocenters. The van der Waals surface area contributed by atoms with Gasteiger partial charge < -0.3 is 0 Å². The minimum atomic E-state index is -3.66. The smallest absolute Gasteiger partial charge is 0.263 e. The highest BCUT2D eigenvalue weighted by Crippen LogP contribution is 2.25. The fourth-order valence-electron chi connectivity index (χ4n) is 1.71. The molecular weight excluding hydrogens is 286 g/mol. The van der Waals surface area contributed by atoms with Gasteiger partial charge in [-0.3, -0.25) is 9.82 Å². The van der Waals surface area contributed by atoms with Crippen LogP contribution in [-0.4, -0.2) is 18.6 Å². The number of aromatic nitrogens is 2. The highest BCUT2D eigenvalue weighted by atomic mass is 35.5. The molecule has 0 fully saturated rings. The lowest BCUT2D eigenvalue weighted by Crippen LogP contribution is -2.14. The molecule has 7 heteroatoms. The van der Waals surface area contributed by atoms with Crippen molar-refractivity contribution in [3.63, 3.8) is 0 Å². The monoisotopic (exact) mass is 299 g/mol. The molecule has 0 aliphatic carbocycles. The molecule has 19 heavy (non-hydrogen) atoms. The van der Waals surface area contributed by atoms with Crippen molar-refractivity contribution in [2.75, 3.05) is 4.72 Å². The van der Waals surface area contributed by atoms with E-state index in [0.717, 1.165) is 5.69 Å². The third-order valence-corrected chi connectivity index (χ3v) is 4.59. The summed E-state index contributed by atoms with van der Waals surface area (Å²) in [6.45, 7) is 5.26. The van der Waals surface area contributed by atoms with E-state index in [9.17, 15) is 8.42 Å². The van der Waals surface area contributed by atoms with Gasteiger partial charge in [-0.15, -0.1) is 0 Å². The summed E-state index contributed by atoms with van der Waals surface area (Å²) < 4.78 is 27.0. The van der Waals surface area contributed by atoms with Gasteiger partial charge in [0, 0.05) is 16.8 Å². The zero-order chi connectivity index (χ0) is 14.2. The van der Waals surface area contributed by atoms with Crippen molar-refractivity contribution in [3.8, 4) is 0 Å². The molecule has 0 radical (unpaired) electrons. The lowest BCUT2D eigenvalue weighted by molar-refractivity contribution is 0.600. The second-order valence-electron chi connectivity index (χ2n) is 4.41. The molecule has 1 heterocycles. The first-order valence-corrected chi connectivity index (χ1v) is 7.47. The lowest BCUT2D eigenvalue weighted by Gasteiger charge is -2.10. The van der Waals surface area contributed by atoms with Crippen LogP contribution in [0.5, 0.6) is 0 Å². The average molecular weight is 300 g/mol. The van der Waals surface area contributed by atoms with Gasteiger partial charge in [0.25, 0.3) is 10.0 Å². The second-order valence-corrected chi connectivity index (χ2v) is 6.47. The number of aryl methyl sites for hydroxylation is 3. The number of rotatable bonds is 3. The summed E-state index contributed by atoms with van der Waals surface area (Å²) in [5, 5.41) is 7.08. The maximum Gasteiger partial charge on any atom is 0.263 e. The van der Waals surface area contributed by atoms with Crippen LogP contribution in [0.25, 0.3) is 0 Å². The van der Waals surface area contributed by atoms with Crippen LogP contribution in [-0.2, 0) is 10.0 Å². The van der Waals surface area contributed by atoms with E-state index < -0.39 is 10.0 Å². The van der Waals surface area contributed by atoms with Gasteiger partial charge >= 0.3 is 0 Å².